The molecule has 0 spiro atoms. The summed E-state index contributed by atoms with van der Waals surface area (Å²) in [5.74, 6) is 2.50. The van der Waals surface area contributed by atoms with Gasteiger partial charge in [0, 0.05) is 10.1 Å². The first-order valence-corrected chi connectivity index (χ1v) is 14.3. The Kier molecular flexibility index (Phi) is 12.7. The van der Waals surface area contributed by atoms with Crippen molar-refractivity contribution in [1.29, 1.82) is 0 Å². The Labute approximate surface area is 234 Å². The molecule has 3 rings (SSSR count). The number of benzene rings is 3. The molecule has 0 heterocycles. The van der Waals surface area contributed by atoms with Crippen molar-refractivity contribution < 1.29 is 27.2 Å². The standard InChI is InChI=1S/C21H28INO3.C7H8O3S/c1-23(12-5-6-17-15-18(24-2)8-9-19(17)22)13-11-16-7-10-20(25-3)21(14-16)26-4;1-6-2-4-7(5-3-6)11(8,9)10/h7-10,14-15H,5-6,11-13H2,1-4H3;2-5H,1H3,(H,8,9,10). The van der Waals surface area contributed by atoms with Gasteiger partial charge in [-0.1, -0.05) is 23.8 Å². The molecule has 0 bridgehead atoms. The summed E-state index contributed by atoms with van der Waals surface area (Å²) in [7, 11) is 3.21. The lowest BCUT2D eigenvalue weighted by Crippen LogP contribution is -2.23. The van der Waals surface area contributed by atoms with Crippen molar-refractivity contribution in [1.82, 2.24) is 4.90 Å². The van der Waals surface area contributed by atoms with Crippen LogP contribution in [-0.2, 0) is 23.0 Å². The van der Waals surface area contributed by atoms with Gasteiger partial charge < -0.3 is 19.1 Å². The van der Waals surface area contributed by atoms with Gasteiger partial charge in [0.2, 0.25) is 0 Å². The summed E-state index contributed by atoms with van der Waals surface area (Å²) >= 11 is 2.40. The van der Waals surface area contributed by atoms with Crippen LogP contribution in [0.25, 0.3) is 0 Å². The molecule has 0 aliphatic rings. The van der Waals surface area contributed by atoms with Gasteiger partial charge >= 0.3 is 0 Å². The van der Waals surface area contributed by atoms with Crippen molar-refractivity contribution in [2.45, 2.75) is 31.1 Å². The van der Waals surface area contributed by atoms with Gasteiger partial charge in [-0.25, -0.2) is 0 Å². The Morgan fingerprint density at radius 2 is 1.51 bits per heavy atom. The molecule has 0 fully saturated rings. The fraction of sp³-hybridized carbons (Fsp3) is 0.357. The number of aryl methyl sites for hydroxylation is 2. The van der Waals surface area contributed by atoms with E-state index in [0.29, 0.717) is 0 Å². The van der Waals surface area contributed by atoms with Crippen LogP contribution in [0.2, 0.25) is 0 Å². The Morgan fingerprint density at radius 1 is 0.838 bits per heavy atom. The lowest BCUT2D eigenvalue weighted by molar-refractivity contribution is 0.332. The quantitative estimate of drug-likeness (QED) is 0.214. The van der Waals surface area contributed by atoms with E-state index < -0.39 is 10.1 Å². The van der Waals surface area contributed by atoms with Crippen molar-refractivity contribution >= 4 is 32.7 Å². The van der Waals surface area contributed by atoms with Gasteiger partial charge in [0.15, 0.2) is 11.5 Å². The first-order valence-electron chi connectivity index (χ1n) is 11.8. The zero-order valence-corrected chi connectivity index (χ0v) is 25.0. The molecule has 3 aromatic carbocycles. The highest BCUT2D eigenvalue weighted by atomic mass is 127. The number of hydrogen-bond acceptors (Lipinski definition) is 6. The van der Waals surface area contributed by atoms with Gasteiger partial charge in [0.25, 0.3) is 10.1 Å². The maximum atomic E-state index is 10.5. The van der Waals surface area contributed by atoms with Crippen LogP contribution in [0.15, 0.2) is 65.6 Å². The lowest BCUT2D eigenvalue weighted by atomic mass is 10.1. The molecule has 9 heteroatoms. The molecule has 0 aliphatic carbocycles. The molecular weight excluding hydrogens is 605 g/mol. The molecule has 0 unspecified atom stereocenters. The summed E-state index contributed by atoms with van der Waals surface area (Å²) in [6.45, 7) is 3.93. The van der Waals surface area contributed by atoms with Crippen LogP contribution in [0.4, 0.5) is 0 Å². The summed E-state index contributed by atoms with van der Waals surface area (Å²) in [5.41, 5.74) is 3.58. The van der Waals surface area contributed by atoms with Gasteiger partial charge in [-0.15, -0.1) is 0 Å². The van der Waals surface area contributed by atoms with Crippen molar-refractivity contribution in [3.8, 4) is 17.2 Å². The van der Waals surface area contributed by atoms with Gasteiger partial charge in [0.1, 0.15) is 5.75 Å². The predicted octanol–water partition coefficient (Wildman–Crippen LogP) is 5.67. The molecule has 1 N–H and O–H groups in total. The molecule has 0 saturated carbocycles. The van der Waals surface area contributed by atoms with Crippen LogP contribution in [-0.4, -0.2) is 59.3 Å². The fourth-order valence-electron chi connectivity index (χ4n) is 3.59. The minimum atomic E-state index is -4.02. The second-order valence-electron chi connectivity index (χ2n) is 8.59. The largest absolute Gasteiger partial charge is 0.497 e. The van der Waals surface area contributed by atoms with E-state index >= 15 is 0 Å². The third-order valence-corrected chi connectivity index (χ3v) is 7.71. The van der Waals surface area contributed by atoms with E-state index in [0.717, 1.165) is 55.2 Å². The average Bonchev–Trinajstić information content (AvgIpc) is 2.88. The molecule has 0 aliphatic heterocycles. The number of halogens is 1. The van der Waals surface area contributed by atoms with E-state index in [1.165, 1.54) is 26.8 Å². The summed E-state index contributed by atoms with van der Waals surface area (Å²) in [6.07, 6.45) is 3.19. The summed E-state index contributed by atoms with van der Waals surface area (Å²) in [6, 6.07) is 18.4. The van der Waals surface area contributed by atoms with Crippen LogP contribution >= 0.6 is 22.6 Å². The van der Waals surface area contributed by atoms with E-state index in [-0.39, 0.29) is 4.90 Å². The normalized spacial score (nSPS) is 11.0. The lowest BCUT2D eigenvalue weighted by Gasteiger charge is -2.17. The number of methoxy groups -OCH3 is 3. The van der Waals surface area contributed by atoms with Crippen LogP contribution in [0.1, 0.15) is 23.1 Å². The molecule has 0 amide bonds. The maximum absolute atomic E-state index is 10.5. The van der Waals surface area contributed by atoms with Crippen molar-refractivity contribution in [2.75, 3.05) is 41.5 Å². The zero-order chi connectivity index (χ0) is 27.4. The predicted molar refractivity (Wildman–Crippen MR) is 156 cm³/mol. The van der Waals surface area contributed by atoms with E-state index in [1.807, 2.05) is 19.1 Å². The molecule has 202 valence electrons. The number of ether oxygens (including phenoxy) is 3. The van der Waals surface area contributed by atoms with E-state index in [2.05, 4.69) is 58.8 Å². The second-order valence-corrected chi connectivity index (χ2v) is 11.2. The smallest absolute Gasteiger partial charge is 0.294 e. The third kappa shape index (κ3) is 10.5. The topological polar surface area (TPSA) is 85.3 Å². The van der Waals surface area contributed by atoms with Crippen molar-refractivity contribution in [3.63, 3.8) is 0 Å². The van der Waals surface area contributed by atoms with Crippen molar-refractivity contribution in [2.24, 2.45) is 0 Å². The summed E-state index contributed by atoms with van der Waals surface area (Å²) in [4.78, 5) is 2.31. The highest BCUT2D eigenvalue weighted by molar-refractivity contribution is 14.1. The maximum Gasteiger partial charge on any atom is 0.294 e. The number of hydrogen-bond donors (Lipinski definition) is 1. The fourth-order valence-corrected chi connectivity index (χ4v) is 4.67. The Morgan fingerprint density at radius 3 is 2.11 bits per heavy atom. The SMILES string of the molecule is COc1ccc(I)c(CCCN(C)CCc2ccc(OC)c(OC)c2)c1.Cc1ccc(S(=O)(=O)O)cc1. The zero-order valence-electron chi connectivity index (χ0n) is 22.0. The first-order chi connectivity index (χ1) is 17.6. The number of rotatable bonds is 11. The summed E-state index contributed by atoms with van der Waals surface area (Å²) in [5, 5.41) is 0. The van der Waals surface area contributed by atoms with Crippen LogP contribution in [0.5, 0.6) is 17.2 Å². The molecule has 7 nitrogen and oxygen atoms in total. The van der Waals surface area contributed by atoms with Gasteiger partial charge in [-0.05, 0) is 116 Å². The summed E-state index contributed by atoms with van der Waals surface area (Å²) < 4.78 is 46.9. The van der Waals surface area contributed by atoms with Crippen LogP contribution < -0.4 is 14.2 Å². The molecule has 0 saturated heterocycles. The van der Waals surface area contributed by atoms with Crippen LogP contribution in [0.3, 0.4) is 0 Å². The van der Waals surface area contributed by atoms with Gasteiger partial charge in [-0.3, -0.25) is 4.55 Å². The molecule has 0 aromatic heterocycles. The first kappa shape index (κ1) is 30.9. The molecule has 3 aromatic rings. The van der Waals surface area contributed by atoms with Gasteiger partial charge in [-0.2, -0.15) is 8.42 Å². The Hall–Kier alpha value is -2.34. The Bertz CT molecular complexity index is 1230. The highest BCUT2D eigenvalue weighted by Crippen LogP contribution is 2.27. The average molecular weight is 642 g/mol. The van der Waals surface area contributed by atoms with E-state index in [4.69, 9.17) is 18.8 Å². The number of nitrogens with zero attached hydrogens (tertiary/aromatic N) is 1. The molecular formula is C28H36INO6S. The van der Waals surface area contributed by atoms with Gasteiger partial charge in [0.05, 0.1) is 26.2 Å². The second kappa shape index (κ2) is 15.2. The minimum Gasteiger partial charge on any atom is -0.497 e. The highest BCUT2D eigenvalue weighted by Gasteiger charge is 2.08. The minimum absolute atomic E-state index is 0.0666. The third-order valence-electron chi connectivity index (χ3n) is 5.79. The molecule has 0 atom stereocenters. The number of likely N-dealkylation sites (N-methyl/N-ethyl adjacent to an activating group) is 1. The Balaban J connectivity index is 0.000000364. The van der Waals surface area contributed by atoms with E-state index in [1.54, 1.807) is 33.5 Å². The van der Waals surface area contributed by atoms with E-state index in [9.17, 15) is 8.42 Å². The molecule has 0 radical (unpaired) electrons. The van der Waals surface area contributed by atoms with Crippen molar-refractivity contribution in [3.05, 3.63) is 80.9 Å². The molecule has 37 heavy (non-hydrogen) atoms. The van der Waals surface area contributed by atoms with Crippen LogP contribution in [0, 0.1) is 10.5 Å². The monoisotopic (exact) mass is 641 g/mol.